The molecule has 1 aromatic rings. The highest BCUT2D eigenvalue weighted by Gasteiger charge is 2.44. The normalized spacial score (nSPS) is 30.4. The molecule has 2 atom stereocenters. The van der Waals surface area contributed by atoms with E-state index in [4.69, 9.17) is 23.2 Å². The third kappa shape index (κ3) is 4.07. The summed E-state index contributed by atoms with van der Waals surface area (Å²) in [7, 11) is 3.61. The zero-order chi connectivity index (χ0) is 19.8. The molecule has 28 heavy (non-hydrogen) atoms. The Labute approximate surface area is 177 Å². The van der Waals surface area contributed by atoms with Gasteiger partial charge in [-0.3, -0.25) is 4.90 Å². The van der Waals surface area contributed by atoms with Crippen LogP contribution in [0.3, 0.4) is 0 Å². The maximum atomic E-state index is 11.9. The minimum Gasteiger partial charge on any atom is -0.368 e. The number of urea groups is 1. The van der Waals surface area contributed by atoms with E-state index in [9.17, 15) is 4.79 Å². The highest BCUT2D eigenvalue weighted by atomic mass is 35.5. The van der Waals surface area contributed by atoms with Crippen molar-refractivity contribution in [3.63, 3.8) is 0 Å². The van der Waals surface area contributed by atoms with Crippen LogP contribution in [0.2, 0.25) is 10.0 Å². The molecule has 4 rings (SSSR count). The maximum absolute atomic E-state index is 11.9. The molecule has 0 bridgehead atoms. The molecule has 1 aromatic carbocycles. The van der Waals surface area contributed by atoms with Crippen molar-refractivity contribution in [1.82, 2.24) is 15.1 Å². The molecule has 1 saturated heterocycles. The third-order valence-electron chi connectivity index (χ3n) is 6.83. The Hall–Kier alpha value is -1.17. The van der Waals surface area contributed by atoms with Crippen LogP contribution < -0.4 is 10.2 Å². The molecular weight excluding hydrogens is 395 g/mol. The van der Waals surface area contributed by atoms with Gasteiger partial charge in [0.05, 0.1) is 15.7 Å². The first-order valence-corrected chi connectivity index (χ1v) is 11.1. The number of carbonyl (C=O) groups is 1. The molecule has 5 nitrogen and oxygen atoms in total. The number of hydrogen-bond acceptors (Lipinski definition) is 3. The van der Waals surface area contributed by atoms with Gasteiger partial charge >= 0.3 is 6.03 Å². The molecule has 1 heterocycles. The summed E-state index contributed by atoms with van der Waals surface area (Å²) in [5.74, 6) is 1.52. The van der Waals surface area contributed by atoms with Crippen LogP contribution in [0.5, 0.6) is 0 Å². The lowest BCUT2D eigenvalue weighted by Crippen LogP contribution is -2.50. The number of piperazine rings is 1. The molecule has 3 aliphatic rings. The van der Waals surface area contributed by atoms with Gasteiger partial charge in [-0.25, -0.2) is 4.79 Å². The predicted octanol–water partition coefficient (Wildman–Crippen LogP) is 3.94. The maximum Gasteiger partial charge on any atom is 0.317 e. The van der Waals surface area contributed by atoms with Crippen LogP contribution >= 0.6 is 23.2 Å². The van der Waals surface area contributed by atoms with Gasteiger partial charge in [0.1, 0.15) is 0 Å². The van der Waals surface area contributed by atoms with Crippen LogP contribution in [-0.4, -0.2) is 68.2 Å². The number of anilines is 1. The molecule has 3 fully saturated rings. The number of carbonyl (C=O) groups excluding carboxylic acids is 1. The molecule has 154 valence electrons. The SMILES string of the molecule is CN(C)C(=O)NC1CC2CC(N3CCN(c4cccc(Cl)c4Cl)CC3)CC2C1. The van der Waals surface area contributed by atoms with Crippen molar-refractivity contribution in [2.45, 2.75) is 37.8 Å². The molecule has 2 saturated carbocycles. The summed E-state index contributed by atoms with van der Waals surface area (Å²) in [6.45, 7) is 4.14. The van der Waals surface area contributed by atoms with E-state index in [1.807, 2.05) is 12.1 Å². The van der Waals surface area contributed by atoms with Crippen molar-refractivity contribution in [2.24, 2.45) is 11.8 Å². The molecule has 1 aliphatic heterocycles. The number of nitrogens with zero attached hydrogens (tertiary/aromatic N) is 3. The van der Waals surface area contributed by atoms with Gasteiger partial charge in [0.25, 0.3) is 0 Å². The van der Waals surface area contributed by atoms with Gasteiger partial charge < -0.3 is 15.1 Å². The van der Waals surface area contributed by atoms with E-state index in [-0.39, 0.29) is 6.03 Å². The fourth-order valence-electron chi connectivity index (χ4n) is 5.37. The van der Waals surface area contributed by atoms with E-state index < -0.39 is 0 Å². The number of benzene rings is 1. The average Bonchev–Trinajstić information content (AvgIpc) is 3.22. The highest BCUT2D eigenvalue weighted by Crippen LogP contribution is 2.46. The van der Waals surface area contributed by atoms with E-state index >= 15 is 0 Å². The minimum atomic E-state index is 0.0392. The molecule has 7 heteroatoms. The second kappa shape index (κ2) is 8.29. The zero-order valence-corrected chi connectivity index (χ0v) is 18.2. The smallest absolute Gasteiger partial charge is 0.317 e. The Balaban J connectivity index is 1.27. The lowest BCUT2D eigenvalue weighted by Gasteiger charge is -2.39. The first kappa shape index (κ1) is 20.1. The highest BCUT2D eigenvalue weighted by molar-refractivity contribution is 6.43. The molecule has 2 amide bonds. The number of hydrogen-bond donors (Lipinski definition) is 1. The largest absolute Gasteiger partial charge is 0.368 e. The van der Waals surface area contributed by atoms with Crippen molar-refractivity contribution < 1.29 is 4.79 Å². The summed E-state index contributed by atoms with van der Waals surface area (Å²) in [5, 5.41) is 4.47. The molecule has 2 aliphatic carbocycles. The standard InChI is InChI=1S/C21H30Cl2N4O/c1-25(2)21(28)24-16-10-14-12-17(13-15(14)11-16)26-6-8-27(9-7-26)19-5-3-4-18(22)20(19)23/h3-5,14-17H,6-13H2,1-2H3,(H,24,28). The molecular formula is C21H30Cl2N4O. The van der Waals surface area contributed by atoms with E-state index in [0.29, 0.717) is 22.1 Å². The summed E-state index contributed by atoms with van der Waals surface area (Å²) in [4.78, 5) is 18.6. The molecule has 2 unspecified atom stereocenters. The van der Waals surface area contributed by atoms with Crippen LogP contribution in [0.25, 0.3) is 0 Å². The fraction of sp³-hybridized carbons (Fsp3) is 0.667. The van der Waals surface area contributed by atoms with Crippen molar-refractivity contribution in [1.29, 1.82) is 0 Å². The van der Waals surface area contributed by atoms with E-state index in [2.05, 4.69) is 21.2 Å². The first-order valence-electron chi connectivity index (χ1n) is 10.3. The molecule has 0 radical (unpaired) electrons. The van der Waals surface area contributed by atoms with Crippen molar-refractivity contribution in [3.8, 4) is 0 Å². The Kier molecular flexibility index (Phi) is 5.96. The zero-order valence-electron chi connectivity index (χ0n) is 16.7. The van der Waals surface area contributed by atoms with E-state index in [0.717, 1.165) is 56.5 Å². The topological polar surface area (TPSA) is 38.8 Å². The van der Waals surface area contributed by atoms with E-state index in [1.54, 1.807) is 19.0 Å². The summed E-state index contributed by atoms with van der Waals surface area (Å²) < 4.78 is 0. The minimum absolute atomic E-state index is 0.0392. The number of amides is 2. The number of halogens is 2. The van der Waals surface area contributed by atoms with Crippen LogP contribution in [0, 0.1) is 11.8 Å². The summed E-state index contributed by atoms with van der Waals surface area (Å²) in [6.07, 6.45) is 4.82. The van der Waals surface area contributed by atoms with Crippen LogP contribution in [0.1, 0.15) is 25.7 Å². The van der Waals surface area contributed by atoms with Gasteiger partial charge in [0, 0.05) is 52.4 Å². The van der Waals surface area contributed by atoms with E-state index in [1.165, 1.54) is 12.8 Å². The monoisotopic (exact) mass is 424 g/mol. The summed E-state index contributed by atoms with van der Waals surface area (Å²) >= 11 is 12.6. The Bertz CT molecular complexity index is 706. The molecule has 0 aromatic heterocycles. The fourth-order valence-corrected chi connectivity index (χ4v) is 5.78. The van der Waals surface area contributed by atoms with Crippen molar-refractivity contribution >= 4 is 34.9 Å². The number of fused-ring (bicyclic) bond motifs is 1. The van der Waals surface area contributed by atoms with Crippen LogP contribution in [-0.2, 0) is 0 Å². The van der Waals surface area contributed by atoms with Gasteiger partial charge in [-0.2, -0.15) is 0 Å². The quantitative estimate of drug-likeness (QED) is 0.798. The van der Waals surface area contributed by atoms with Crippen LogP contribution in [0.4, 0.5) is 10.5 Å². The Morgan fingerprint density at radius 3 is 2.29 bits per heavy atom. The Morgan fingerprint density at radius 2 is 1.68 bits per heavy atom. The van der Waals surface area contributed by atoms with Gasteiger partial charge in [-0.05, 0) is 49.7 Å². The number of rotatable bonds is 3. The summed E-state index contributed by atoms with van der Waals surface area (Å²) in [5.41, 5.74) is 1.05. The predicted molar refractivity (Wildman–Crippen MR) is 115 cm³/mol. The first-order chi connectivity index (χ1) is 13.4. The second-order valence-corrected chi connectivity index (χ2v) is 9.54. The van der Waals surface area contributed by atoms with Gasteiger partial charge in [0.15, 0.2) is 0 Å². The Morgan fingerprint density at radius 1 is 1.04 bits per heavy atom. The van der Waals surface area contributed by atoms with Crippen molar-refractivity contribution in [3.05, 3.63) is 28.2 Å². The molecule has 0 spiro atoms. The van der Waals surface area contributed by atoms with Gasteiger partial charge in [0.2, 0.25) is 0 Å². The van der Waals surface area contributed by atoms with Crippen molar-refractivity contribution in [2.75, 3.05) is 45.2 Å². The lowest BCUT2D eigenvalue weighted by atomic mass is 10.0. The van der Waals surface area contributed by atoms with Crippen LogP contribution in [0.15, 0.2) is 18.2 Å². The summed E-state index contributed by atoms with van der Waals surface area (Å²) in [6, 6.07) is 6.96. The van der Waals surface area contributed by atoms with Gasteiger partial charge in [-0.15, -0.1) is 0 Å². The lowest BCUT2D eigenvalue weighted by molar-refractivity contribution is 0.177. The third-order valence-corrected chi connectivity index (χ3v) is 7.64. The average molecular weight is 425 g/mol. The van der Waals surface area contributed by atoms with Gasteiger partial charge in [-0.1, -0.05) is 29.3 Å². The molecule has 1 N–H and O–H groups in total. The second-order valence-electron chi connectivity index (χ2n) is 8.75. The number of nitrogens with one attached hydrogen (secondary N) is 1.